The highest BCUT2D eigenvalue weighted by atomic mass is 32.2. The maximum Gasteiger partial charge on any atom is 0.293 e. The summed E-state index contributed by atoms with van der Waals surface area (Å²) in [5, 5.41) is 16.2. The number of allylic oxidation sites excluding steroid dienone is 2. The van der Waals surface area contributed by atoms with Crippen LogP contribution < -0.4 is 15.8 Å². The number of benzene rings is 2. The number of sulfone groups is 1. The normalized spacial score (nSPS) is 22.1. The molecule has 228 valence electrons. The van der Waals surface area contributed by atoms with E-state index in [-0.39, 0.29) is 21.9 Å². The van der Waals surface area contributed by atoms with Crippen molar-refractivity contribution in [3.63, 3.8) is 0 Å². The summed E-state index contributed by atoms with van der Waals surface area (Å²) < 4.78 is 35.0. The summed E-state index contributed by atoms with van der Waals surface area (Å²) in [6.07, 6.45) is 9.07. The van der Waals surface area contributed by atoms with E-state index in [0.29, 0.717) is 6.54 Å². The molecule has 1 aromatic heterocycles. The van der Waals surface area contributed by atoms with Crippen molar-refractivity contribution in [2.24, 2.45) is 11.7 Å². The predicted molar refractivity (Wildman–Crippen MR) is 165 cm³/mol. The molecule has 2 atom stereocenters. The van der Waals surface area contributed by atoms with E-state index in [1.54, 1.807) is 30.5 Å². The number of rotatable bonds is 10. The summed E-state index contributed by atoms with van der Waals surface area (Å²) >= 11 is 0. The molecule has 0 saturated carbocycles. The lowest BCUT2D eigenvalue weighted by molar-refractivity contribution is -0.384. The fourth-order valence-electron chi connectivity index (χ4n) is 5.82. The van der Waals surface area contributed by atoms with Crippen molar-refractivity contribution in [3.05, 3.63) is 83.1 Å². The van der Waals surface area contributed by atoms with Crippen molar-refractivity contribution >= 4 is 38.0 Å². The van der Waals surface area contributed by atoms with Crippen LogP contribution in [0.3, 0.4) is 0 Å². The lowest BCUT2D eigenvalue weighted by Gasteiger charge is -2.45. The van der Waals surface area contributed by atoms with Gasteiger partial charge in [0.25, 0.3) is 5.69 Å². The standard InChI is InChI=1S/C30H36N6O6S/c1-34(2)29(13-16-35(3)17-14-29)20-33-26-10-8-23(19-27(26)36(38)39)43(40,41)30(12-5-4-6-24(30)28(31)37)42-22-7-9-25-21(18-22)11-15-32-25/h4-12,15,18-19,24,32-33H,13-14,16-17,20H2,1-3H3,(H2,31,37). The fourth-order valence-corrected chi connectivity index (χ4v) is 7.70. The van der Waals surface area contributed by atoms with Gasteiger partial charge in [-0.1, -0.05) is 18.2 Å². The number of nitro benzene ring substituents is 1. The number of nitrogens with two attached hydrogens (primary N) is 1. The summed E-state index contributed by atoms with van der Waals surface area (Å²) in [5.74, 6) is -2.15. The van der Waals surface area contributed by atoms with Gasteiger partial charge in [0.05, 0.1) is 9.82 Å². The number of nitro groups is 1. The maximum atomic E-state index is 14.4. The summed E-state index contributed by atoms with van der Waals surface area (Å²) in [6.45, 7) is 2.22. The first-order chi connectivity index (χ1) is 20.4. The first-order valence-corrected chi connectivity index (χ1v) is 15.4. The predicted octanol–water partition coefficient (Wildman–Crippen LogP) is 3.29. The van der Waals surface area contributed by atoms with Crippen LogP contribution in [0.15, 0.2) is 77.9 Å². The van der Waals surface area contributed by atoms with Crippen molar-refractivity contribution in [2.45, 2.75) is 28.2 Å². The number of likely N-dealkylation sites (N-methyl/N-ethyl adjacent to an activating group) is 1. The largest absolute Gasteiger partial charge is 0.466 e. The number of aromatic amines is 1. The lowest BCUT2D eigenvalue weighted by Crippen LogP contribution is -2.55. The Labute approximate surface area is 250 Å². The first-order valence-electron chi connectivity index (χ1n) is 13.9. The third-order valence-electron chi connectivity index (χ3n) is 8.66. The summed E-state index contributed by atoms with van der Waals surface area (Å²) in [5.41, 5.74) is 6.08. The van der Waals surface area contributed by atoms with Gasteiger partial charge in [-0.3, -0.25) is 14.9 Å². The number of nitrogens with zero attached hydrogens (tertiary/aromatic N) is 3. The van der Waals surface area contributed by atoms with Gasteiger partial charge in [0, 0.05) is 35.2 Å². The second-order valence-corrected chi connectivity index (χ2v) is 13.5. The Bertz CT molecular complexity index is 1710. The highest BCUT2D eigenvalue weighted by molar-refractivity contribution is 7.93. The molecule has 2 unspecified atom stereocenters. The van der Waals surface area contributed by atoms with E-state index in [1.165, 1.54) is 36.4 Å². The first kappa shape index (κ1) is 30.3. The van der Waals surface area contributed by atoms with Gasteiger partial charge in [0.1, 0.15) is 17.4 Å². The molecular formula is C30H36N6O6S. The minimum absolute atomic E-state index is 0.182. The van der Waals surface area contributed by atoms with E-state index in [2.05, 4.69) is 27.1 Å². The smallest absolute Gasteiger partial charge is 0.293 e. The number of carbonyl (C=O) groups is 1. The quantitative estimate of drug-likeness (QED) is 0.231. The van der Waals surface area contributed by atoms with E-state index in [4.69, 9.17) is 10.5 Å². The number of piperidine rings is 1. The van der Waals surface area contributed by atoms with Crippen LogP contribution in [0.4, 0.5) is 11.4 Å². The van der Waals surface area contributed by atoms with Gasteiger partial charge in [-0.25, -0.2) is 8.42 Å². The third-order valence-corrected chi connectivity index (χ3v) is 10.8. The van der Waals surface area contributed by atoms with E-state index >= 15 is 0 Å². The van der Waals surface area contributed by atoms with Crippen molar-refractivity contribution < 1.29 is 22.9 Å². The highest BCUT2D eigenvalue weighted by Crippen LogP contribution is 2.42. The van der Waals surface area contributed by atoms with Crippen LogP contribution in [0.5, 0.6) is 5.75 Å². The van der Waals surface area contributed by atoms with Crippen LogP contribution in [0.1, 0.15) is 12.8 Å². The molecule has 3 aromatic rings. The molecule has 1 fully saturated rings. The van der Waals surface area contributed by atoms with Crippen LogP contribution in [-0.4, -0.2) is 85.3 Å². The molecule has 0 spiro atoms. The number of aromatic nitrogens is 1. The van der Waals surface area contributed by atoms with E-state index in [9.17, 15) is 23.3 Å². The van der Waals surface area contributed by atoms with Gasteiger partial charge in [-0.05, 0) is 89.5 Å². The molecule has 2 heterocycles. The van der Waals surface area contributed by atoms with E-state index in [1.807, 2.05) is 14.1 Å². The van der Waals surface area contributed by atoms with Crippen LogP contribution >= 0.6 is 0 Å². The summed E-state index contributed by atoms with van der Waals surface area (Å²) in [7, 11) is 1.43. The molecule has 12 nitrogen and oxygen atoms in total. The SMILES string of the molecule is CN1CCC(CNc2ccc(S(=O)(=O)C3(Oc4ccc5[nH]ccc5c4)C=CC=CC3C(N)=O)cc2[N+](=O)[O-])(N(C)C)CC1. The highest BCUT2D eigenvalue weighted by Gasteiger charge is 2.54. The molecule has 1 aliphatic carbocycles. The number of ether oxygens (including phenoxy) is 1. The maximum absolute atomic E-state index is 14.4. The average molecular weight is 609 g/mol. The van der Waals surface area contributed by atoms with Crippen molar-refractivity contribution in [2.75, 3.05) is 46.1 Å². The molecule has 1 saturated heterocycles. The van der Waals surface area contributed by atoms with Crippen LogP contribution in [0.2, 0.25) is 0 Å². The topological polar surface area (TPSA) is 164 Å². The van der Waals surface area contributed by atoms with Gasteiger partial charge in [0.2, 0.25) is 20.7 Å². The van der Waals surface area contributed by atoms with Crippen molar-refractivity contribution in [1.82, 2.24) is 14.8 Å². The minimum atomic E-state index is -4.61. The second-order valence-electron chi connectivity index (χ2n) is 11.4. The molecule has 43 heavy (non-hydrogen) atoms. The molecule has 5 rings (SSSR count). The number of H-pyrrole nitrogens is 1. The number of primary amides is 1. The zero-order valence-corrected chi connectivity index (χ0v) is 25.1. The average Bonchev–Trinajstić information content (AvgIpc) is 3.45. The summed E-state index contributed by atoms with van der Waals surface area (Å²) in [6, 6.07) is 10.5. The fraction of sp³-hybridized carbons (Fsp3) is 0.367. The lowest BCUT2D eigenvalue weighted by atomic mass is 9.86. The Morgan fingerprint density at radius 3 is 2.60 bits per heavy atom. The minimum Gasteiger partial charge on any atom is -0.466 e. The monoisotopic (exact) mass is 608 g/mol. The Kier molecular flexibility index (Phi) is 8.07. The van der Waals surface area contributed by atoms with Crippen LogP contribution in [0.25, 0.3) is 10.9 Å². The van der Waals surface area contributed by atoms with E-state index < -0.39 is 37.2 Å². The molecule has 0 bridgehead atoms. The number of nitrogens with one attached hydrogen (secondary N) is 2. The number of anilines is 1. The number of amides is 1. The van der Waals surface area contributed by atoms with Crippen LogP contribution in [0, 0.1) is 16.0 Å². The van der Waals surface area contributed by atoms with Gasteiger partial charge in [0.15, 0.2) is 0 Å². The molecular weight excluding hydrogens is 572 g/mol. The number of hydrogen-bond donors (Lipinski definition) is 3. The van der Waals surface area contributed by atoms with Gasteiger partial charge in [-0.15, -0.1) is 0 Å². The van der Waals surface area contributed by atoms with Crippen molar-refractivity contribution in [1.29, 1.82) is 0 Å². The van der Waals surface area contributed by atoms with Gasteiger partial charge >= 0.3 is 0 Å². The molecule has 2 aliphatic rings. The Morgan fingerprint density at radius 1 is 1.19 bits per heavy atom. The Balaban J connectivity index is 1.54. The molecule has 0 radical (unpaired) electrons. The molecule has 1 amide bonds. The number of carbonyl (C=O) groups excluding carboxylic acids is 1. The zero-order valence-electron chi connectivity index (χ0n) is 24.3. The van der Waals surface area contributed by atoms with Gasteiger partial charge < -0.3 is 30.6 Å². The molecule has 13 heteroatoms. The molecule has 2 aromatic carbocycles. The summed E-state index contributed by atoms with van der Waals surface area (Å²) in [4.78, 5) is 29.0. The molecule has 4 N–H and O–H groups in total. The number of fused-ring (bicyclic) bond motifs is 1. The van der Waals surface area contributed by atoms with E-state index in [0.717, 1.165) is 42.9 Å². The number of likely N-dealkylation sites (tertiary alicyclic amines) is 1. The number of hydrogen-bond acceptors (Lipinski definition) is 9. The van der Waals surface area contributed by atoms with Gasteiger partial charge in [-0.2, -0.15) is 0 Å². The van der Waals surface area contributed by atoms with Crippen molar-refractivity contribution in [3.8, 4) is 5.75 Å². The van der Waals surface area contributed by atoms with Crippen LogP contribution in [-0.2, 0) is 14.6 Å². The Hall–Kier alpha value is -4.20. The zero-order chi connectivity index (χ0) is 31.0. The third kappa shape index (κ3) is 5.51. The second kappa shape index (κ2) is 11.5. The Morgan fingerprint density at radius 2 is 1.93 bits per heavy atom. The molecule has 1 aliphatic heterocycles.